The molecule has 0 radical (unpaired) electrons. The lowest BCUT2D eigenvalue weighted by Gasteiger charge is -2.33. The van der Waals surface area contributed by atoms with E-state index in [2.05, 4.69) is 13.8 Å². The first kappa shape index (κ1) is 12.7. The van der Waals surface area contributed by atoms with Crippen LogP contribution in [-0.4, -0.2) is 6.10 Å². The van der Waals surface area contributed by atoms with Crippen molar-refractivity contribution in [2.75, 3.05) is 0 Å². The van der Waals surface area contributed by atoms with Gasteiger partial charge in [0, 0.05) is 23.0 Å². The summed E-state index contributed by atoms with van der Waals surface area (Å²) in [5.41, 5.74) is 7.24. The van der Waals surface area contributed by atoms with Crippen molar-refractivity contribution in [3.63, 3.8) is 0 Å². The normalized spacial score (nSPS) is 24.9. The summed E-state index contributed by atoms with van der Waals surface area (Å²) in [4.78, 5) is 0. The first-order valence-corrected chi connectivity index (χ1v) is 6.71. The summed E-state index contributed by atoms with van der Waals surface area (Å²) in [5.74, 6) is 1.45. The molecule has 2 rings (SSSR count). The second-order valence-corrected chi connectivity index (χ2v) is 5.38. The molecule has 94 valence electrons. The van der Waals surface area contributed by atoms with Gasteiger partial charge in [-0.2, -0.15) is 0 Å². The summed E-state index contributed by atoms with van der Waals surface area (Å²) in [7, 11) is 0. The molecule has 1 aliphatic rings. The van der Waals surface area contributed by atoms with Crippen LogP contribution in [-0.2, 0) is 0 Å². The zero-order valence-corrected chi connectivity index (χ0v) is 11.2. The molecule has 1 heterocycles. The van der Waals surface area contributed by atoms with Crippen molar-refractivity contribution in [1.82, 2.24) is 0 Å². The predicted molar refractivity (Wildman–Crippen MR) is 71.5 cm³/mol. The van der Waals surface area contributed by atoms with Crippen LogP contribution in [0.3, 0.4) is 0 Å². The average molecular weight is 254 g/mol. The largest absolute Gasteiger partial charge is 0.490 e. The smallest absolute Gasteiger partial charge is 0.124 e. The molecule has 0 aliphatic carbocycles. The lowest BCUT2D eigenvalue weighted by atomic mass is 9.89. The highest BCUT2D eigenvalue weighted by Crippen LogP contribution is 2.37. The predicted octanol–water partition coefficient (Wildman–Crippen LogP) is 3.93. The van der Waals surface area contributed by atoms with E-state index >= 15 is 0 Å². The minimum Gasteiger partial charge on any atom is -0.490 e. The molecule has 0 aromatic heterocycles. The van der Waals surface area contributed by atoms with E-state index in [9.17, 15) is 0 Å². The highest BCUT2D eigenvalue weighted by Gasteiger charge is 2.29. The molecule has 2 unspecified atom stereocenters. The lowest BCUT2D eigenvalue weighted by molar-refractivity contribution is 0.102. The quantitative estimate of drug-likeness (QED) is 0.886. The molecule has 17 heavy (non-hydrogen) atoms. The van der Waals surface area contributed by atoms with Crippen molar-refractivity contribution in [2.45, 2.75) is 45.3 Å². The first-order valence-electron chi connectivity index (χ1n) is 6.33. The Morgan fingerprint density at radius 2 is 2.29 bits per heavy atom. The van der Waals surface area contributed by atoms with Crippen LogP contribution in [0.4, 0.5) is 0 Å². The van der Waals surface area contributed by atoms with Crippen molar-refractivity contribution < 1.29 is 4.74 Å². The number of nitrogens with two attached hydrogens (primary N) is 1. The molecule has 1 aromatic carbocycles. The molecule has 3 heteroatoms. The Labute approximate surface area is 108 Å². The molecule has 0 saturated carbocycles. The zero-order valence-electron chi connectivity index (χ0n) is 10.4. The molecular weight excluding hydrogens is 234 g/mol. The van der Waals surface area contributed by atoms with Gasteiger partial charge in [-0.25, -0.2) is 0 Å². The number of rotatable bonds is 3. The van der Waals surface area contributed by atoms with E-state index in [1.54, 1.807) is 0 Å². The Hall–Kier alpha value is -0.730. The van der Waals surface area contributed by atoms with E-state index in [1.807, 2.05) is 18.2 Å². The number of halogens is 1. The fourth-order valence-corrected chi connectivity index (χ4v) is 2.68. The number of hydrogen-bond acceptors (Lipinski definition) is 2. The maximum Gasteiger partial charge on any atom is 0.124 e. The number of ether oxygens (including phenoxy) is 1. The van der Waals surface area contributed by atoms with Crippen LogP contribution in [0.15, 0.2) is 18.2 Å². The van der Waals surface area contributed by atoms with E-state index in [4.69, 9.17) is 22.1 Å². The fraction of sp³-hybridized carbons (Fsp3) is 0.571. The molecule has 3 atom stereocenters. The standard InChI is InChI=1S/C14H20ClNO/c1-3-4-9(2)14-8-12(16)11-7-10(15)5-6-13(11)17-14/h5-7,9,12,14H,3-4,8,16H2,1-2H3/t9?,12-,14?/m0/s1. The van der Waals surface area contributed by atoms with Crippen LogP contribution >= 0.6 is 11.6 Å². The van der Waals surface area contributed by atoms with Crippen LogP contribution in [0, 0.1) is 5.92 Å². The van der Waals surface area contributed by atoms with E-state index in [1.165, 1.54) is 12.8 Å². The van der Waals surface area contributed by atoms with Gasteiger partial charge in [0.2, 0.25) is 0 Å². The van der Waals surface area contributed by atoms with Gasteiger partial charge < -0.3 is 10.5 Å². The van der Waals surface area contributed by atoms with Gasteiger partial charge in [0.15, 0.2) is 0 Å². The highest BCUT2D eigenvalue weighted by molar-refractivity contribution is 6.30. The molecule has 0 spiro atoms. The minimum atomic E-state index is 0.0433. The lowest BCUT2D eigenvalue weighted by Crippen LogP contribution is -2.34. The molecule has 0 bridgehead atoms. The Balaban J connectivity index is 2.18. The molecule has 1 aliphatic heterocycles. The topological polar surface area (TPSA) is 35.2 Å². The van der Waals surface area contributed by atoms with Crippen LogP contribution in [0.5, 0.6) is 5.75 Å². The molecule has 1 aromatic rings. The first-order chi connectivity index (χ1) is 8.11. The Morgan fingerprint density at radius 1 is 1.53 bits per heavy atom. The van der Waals surface area contributed by atoms with Gasteiger partial charge in [0.05, 0.1) is 0 Å². The van der Waals surface area contributed by atoms with Crippen LogP contribution < -0.4 is 10.5 Å². The second kappa shape index (κ2) is 5.28. The van der Waals surface area contributed by atoms with E-state index in [-0.39, 0.29) is 12.1 Å². The van der Waals surface area contributed by atoms with E-state index < -0.39 is 0 Å². The summed E-state index contributed by atoms with van der Waals surface area (Å²) in [6.07, 6.45) is 3.48. The van der Waals surface area contributed by atoms with Gasteiger partial charge in [0.25, 0.3) is 0 Å². The third-order valence-corrected chi connectivity index (χ3v) is 3.75. The maximum atomic E-state index is 6.20. The molecule has 0 fully saturated rings. The average Bonchev–Trinajstić information content (AvgIpc) is 2.30. The van der Waals surface area contributed by atoms with Gasteiger partial charge >= 0.3 is 0 Å². The van der Waals surface area contributed by atoms with Gasteiger partial charge in [0.1, 0.15) is 11.9 Å². The fourth-order valence-electron chi connectivity index (χ4n) is 2.49. The Bertz CT molecular complexity index is 394. The monoisotopic (exact) mass is 253 g/mol. The number of fused-ring (bicyclic) bond motifs is 1. The van der Waals surface area contributed by atoms with Crippen LogP contribution in [0.1, 0.15) is 44.7 Å². The van der Waals surface area contributed by atoms with Gasteiger partial charge in [-0.05, 0) is 30.5 Å². The van der Waals surface area contributed by atoms with Crippen molar-refractivity contribution in [1.29, 1.82) is 0 Å². The SMILES string of the molecule is CCCC(C)C1C[C@H](N)c2cc(Cl)ccc2O1. The van der Waals surface area contributed by atoms with E-state index in [0.717, 1.165) is 22.8 Å². The molecule has 0 amide bonds. The minimum absolute atomic E-state index is 0.0433. The van der Waals surface area contributed by atoms with Crippen LogP contribution in [0.25, 0.3) is 0 Å². The van der Waals surface area contributed by atoms with E-state index in [0.29, 0.717) is 5.92 Å². The molecule has 2 N–H and O–H groups in total. The second-order valence-electron chi connectivity index (χ2n) is 4.95. The van der Waals surface area contributed by atoms with Gasteiger partial charge in [-0.15, -0.1) is 0 Å². The Kier molecular flexibility index (Phi) is 3.95. The van der Waals surface area contributed by atoms with Crippen LogP contribution in [0.2, 0.25) is 5.02 Å². The summed E-state index contributed by atoms with van der Waals surface area (Å²) in [6, 6.07) is 5.76. The molecular formula is C14H20ClNO. The summed E-state index contributed by atoms with van der Waals surface area (Å²) >= 11 is 5.98. The van der Waals surface area contributed by atoms with Gasteiger partial charge in [-0.1, -0.05) is 31.9 Å². The highest BCUT2D eigenvalue weighted by atomic mass is 35.5. The summed E-state index contributed by atoms with van der Waals surface area (Å²) in [6.45, 7) is 4.44. The molecule has 0 saturated heterocycles. The number of benzene rings is 1. The zero-order chi connectivity index (χ0) is 12.4. The van der Waals surface area contributed by atoms with Crippen molar-refractivity contribution in [3.05, 3.63) is 28.8 Å². The van der Waals surface area contributed by atoms with Crippen molar-refractivity contribution in [2.24, 2.45) is 11.7 Å². The third-order valence-electron chi connectivity index (χ3n) is 3.51. The maximum absolute atomic E-state index is 6.20. The summed E-state index contributed by atoms with van der Waals surface area (Å²) in [5, 5.41) is 0.725. The number of hydrogen-bond donors (Lipinski definition) is 1. The van der Waals surface area contributed by atoms with Crippen molar-refractivity contribution >= 4 is 11.6 Å². The van der Waals surface area contributed by atoms with Crippen molar-refractivity contribution in [3.8, 4) is 5.75 Å². The Morgan fingerprint density at radius 3 is 3.00 bits per heavy atom. The van der Waals surface area contributed by atoms with Gasteiger partial charge in [-0.3, -0.25) is 0 Å². The summed E-state index contributed by atoms with van der Waals surface area (Å²) < 4.78 is 6.03. The molecule has 2 nitrogen and oxygen atoms in total. The third kappa shape index (κ3) is 2.75.